The van der Waals surface area contributed by atoms with E-state index in [0.717, 1.165) is 0 Å². The Morgan fingerprint density at radius 1 is 1.22 bits per heavy atom. The van der Waals surface area contributed by atoms with E-state index in [1.54, 1.807) is 30.3 Å². The Morgan fingerprint density at radius 2 is 1.89 bits per heavy atom. The SMILES string of the molecule is O=C(O)CC=CCOC(=O)C(O)c1ccccc1. The molecule has 96 valence electrons. The zero-order valence-corrected chi connectivity index (χ0v) is 9.65. The Kier molecular flexibility index (Phi) is 5.60. The van der Waals surface area contributed by atoms with Crippen LogP contribution in [0.25, 0.3) is 0 Å². The molecule has 0 aliphatic heterocycles. The van der Waals surface area contributed by atoms with Crippen LogP contribution in [0.4, 0.5) is 0 Å². The zero-order chi connectivity index (χ0) is 13.4. The van der Waals surface area contributed by atoms with Crippen LogP contribution in [0.15, 0.2) is 42.5 Å². The van der Waals surface area contributed by atoms with Crippen LogP contribution < -0.4 is 0 Å². The van der Waals surface area contributed by atoms with E-state index < -0.39 is 18.0 Å². The first-order valence-electron chi connectivity index (χ1n) is 5.37. The van der Waals surface area contributed by atoms with Crippen molar-refractivity contribution in [1.82, 2.24) is 0 Å². The summed E-state index contributed by atoms with van der Waals surface area (Å²) in [7, 11) is 0. The normalized spacial score (nSPS) is 12.3. The number of esters is 1. The van der Waals surface area contributed by atoms with Gasteiger partial charge < -0.3 is 14.9 Å². The number of carboxylic acids is 1. The van der Waals surface area contributed by atoms with Crippen LogP contribution in [0, 0.1) is 0 Å². The van der Waals surface area contributed by atoms with Crippen LogP contribution in [0.5, 0.6) is 0 Å². The number of rotatable bonds is 6. The quantitative estimate of drug-likeness (QED) is 0.587. The lowest BCUT2D eigenvalue weighted by molar-refractivity contribution is -0.152. The summed E-state index contributed by atoms with van der Waals surface area (Å²) in [6.07, 6.45) is 1.35. The van der Waals surface area contributed by atoms with Crippen molar-refractivity contribution in [3.05, 3.63) is 48.0 Å². The van der Waals surface area contributed by atoms with E-state index >= 15 is 0 Å². The van der Waals surface area contributed by atoms with Gasteiger partial charge in [-0.15, -0.1) is 0 Å². The van der Waals surface area contributed by atoms with Gasteiger partial charge in [0.2, 0.25) is 0 Å². The Hall–Kier alpha value is -2.14. The van der Waals surface area contributed by atoms with Crippen molar-refractivity contribution in [3.63, 3.8) is 0 Å². The molecule has 0 radical (unpaired) electrons. The van der Waals surface area contributed by atoms with Crippen molar-refractivity contribution in [1.29, 1.82) is 0 Å². The molecule has 0 saturated carbocycles. The van der Waals surface area contributed by atoms with Crippen molar-refractivity contribution < 1.29 is 24.5 Å². The molecule has 5 heteroatoms. The van der Waals surface area contributed by atoms with Crippen molar-refractivity contribution in [3.8, 4) is 0 Å². The third-order valence-electron chi connectivity index (χ3n) is 2.12. The molecule has 0 fully saturated rings. The second kappa shape index (κ2) is 7.24. The molecular weight excluding hydrogens is 236 g/mol. The molecule has 1 atom stereocenters. The predicted molar refractivity (Wildman–Crippen MR) is 63.8 cm³/mol. The van der Waals surface area contributed by atoms with E-state index in [4.69, 9.17) is 9.84 Å². The second-order valence-electron chi connectivity index (χ2n) is 3.51. The molecule has 2 N–H and O–H groups in total. The number of hydrogen-bond acceptors (Lipinski definition) is 4. The highest BCUT2D eigenvalue weighted by atomic mass is 16.5. The smallest absolute Gasteiger partial charge is 0.339 e. The minimum atomic E-state index is -1.32. The first-order valence-corrected chi connectivity index (χ1v) is 5.37. The average molecular weight is 250 g/mol. The lowest BCUT2D eigenvalue weighted by Crippen LogP contribution is -2.15. The van der Waals surface area contributed by atoms with Crippen LogP contribution in [-0.2, 0) is 14.3 Å². The van der Waals surface area contributed by atoms with Crippen molar-refractivity contribution in [2.24, 2.45) is 0 Å². The van der Waals surface area contributed by atoms with Gasteiger partial charge in [0.25, 0.3) is 0 Å². The summed E-state index contributed by atoms with van der Waals surface area (Å²) < 4.78 is 4.77. The number of hydrogen-bond donors (Lipinski definition) is 2. The van der Waals surface area contributed by atoms with Gasteiger partial charge in [-0.2, -0.15) is 0 Å². The molecule has 1 aromatic rings. The largest absolute Gasteiger partial charge is 0.481 e. The number of carboxylic acid groups (broad SMARTS) is 1. The summed E-state index contributed by atoms with van der Waals surface area (Å²) >= 11 is 0. The predicted octanol–water partition coefficient (Wildman–Crippen LogP) is 1.29. The highest BCUT2D eigenvalue weighted by Crippen LogP contribution is 2.13. The zero-order valence-electron chi connectivity index (χ0n) is 9.65. The van der Waals surface area contributed by atoms with Gasteiger partial charge in [-0.25, -0.2) is 4.79 Å². The fraction of sp³-hybridized carbons (Fsp3) is 0.231. The third-order valence-corrected chi connectivity index (χ3v) is 2.12. The summed E-state index contributed by atoms with van der Waals surface area (Å²) in [5.41, 5.74) is 0.456. The molecule has 5 nitrogen and oxygen atoms in total. The molecule has 1 rings (SSSR count). The van der Waals surface area contributed by atoms with E-state index in [2.05, 4.69) is 0 Å². The number of aliphatic hydroxyl groups is 1. The van der Waals surface area contributed by atoms with Crippen LogP contribution >= 0.6 is 0 Å². The monoisotopic (exact) mass is 250 g/mol. The Bertz CT molecular complexity index is 424. The van der Waals surface area contributed by atoms with Gasteiger partial charge in [-0.3, -0.25) is 4.79 Å². The standard InChI is InChI=1S/C13H14O5/c14-11(15)8-4-5-9-18-13(17)12(16)10-6-2-1-3-7-10/h1-7,12,16H,8-9H2,(H,14,15). The van der Waals surface area contributed by atoms with Gasteiger partial charge in [-0.05, 0) is 5.56 Å². The molecule has 0 bridgehead atoms. The van der Waals surface area contributed by atoms with E-state index in [9.17, 15) is 14.7 Å². The fourth-order valence-electron chi connectivity index (χ4n) is 1.23. The Morgan fingerprint density at radius 3 is 2.50 bits per heavy atom. The van der Waals surface area contributed by atoms with Crippen LogP contribution in [0.1, 0.15) is 18.1 Å². The molecule has 1 aromatic carbocycles. The first kappa shape index (κ1) is 13.9. The topological polar surface area (TPSA) is 83.8 Å². The molecule has 0 aliphatic rings. The van der Waals surface area contributed by atoms with E-state index in [0.29, 0.717) is 5.56 Å². The molecule has 0 amide bonds. The lowest BCUT2D eigenvalue weighted by atomic mass is 10.1. The van der Waals surface area contributed by atoms with Crippen LogP contribution in [0.3, 0.4) is 0 Å². The third kappa shape index (κ3) is 4.80. The number of carbonyl (C=O) groups is 2. The number of ether oxygens (including phenoxy) is 1. The summed E-state index contributed by atoms with van der Waals surface area (Å²) in [4.78, 5) is 21.6. The van der Waals surface area contributed by atoms with E-state index in [-0.39, 0.29) is 13.0 Å². The molecule has 0 aromatic heterocycles. The highest BCUT2D eigenvalue weighted by Gasteiger charge is 2.17. The lowest BCUT2D eigenvalue weighted by Gasteiger charge is -2.09. The van der Waals surface area contributed by atoms with Gasteiger partial charge in [-0.1, -0.05) is 42.5 Å². The molecule has 0 saturated heterocycles. The maximum Gasteiger partial charge on any atom is 0.339 e. The maximum atomic E-state index is 11.4. The summed E-state index contributed by atoms with van der Waals surface area (Å²) in [6.45, 7) is -0.0595. The van der Waals surface area contributed by atoms with Crippen LogP contribution in [0.2, 0.25) is 0 Å². The fourth-order valence-corrected chi connectivity index (χ4v) is 1.23. The van der Waals surface area contributed by atoms with Crippen LogP contribution in [-0.4, -0.2) is 28.8 Å². The number of carbonyl (C=O) groups excluding carboxylic acids is 1. The number of benzene rings is 1. The first-order chi connectivity index (χ1) is 8.61. The van der Waals surface area contributed by atoms with Crippen molar-refractivity contribution >= 4 is 11.9 Å². The van der Waals surface area contributed by atoms with Gasteiger partial charge in [0.05, 0.1) is 6.42 Å². The molecule has 0 heterocycles. The number of aliphatic hydroxyl groups excluding tert-OH is 1. The van der Waals surface area contributed by atoms with Gasteiger partial charge >= 0.3 is 11.9 Å². The molecule has 18 heavy (non-hydrogen) atoms. The van der Waals surface area contributed by atoms with Crippen molar-refractivity contribution in [2.75, 3.05) is 6.61 Å². The summed E-state index contributed by atoms with van der Waals surface area (Å²) in [5.74, 6) is -1.72. The molecule has 0 aliphatic carbocycles. The Balaban J connectivity index is 2.37. The Labute approximate surface area is 104 Å². The van der Waals surface area contributed by atoms with E-state index in [1.165, 1.54) is 12.2 Å². The minimum Gasteiger partial charge on any atom is -0.481 e. The minimum absolute atomic E-state index is 0.0595. The molecule has 1 unspecified atom stereocenters. The summed E-state index contributed by atoms with van der Waals surface area (Å²) in [5, 5.41) is 18.0. The maximum absolute atomic E-state index is 11.4. The van der Waals surface area contributed by atoms with E-state index in [1.807, 2.05) is 0 Å². The summed E-state index contributed by atoms with van der Waals surface area (Å²) in [6, 6.07) is 8.42. The second-order valence-corrected chi connectivity index (χ2v) is 3.51. The molecular formula is C13H14O5. The average Bonchev–Trinajstić information content (AvgIpc) is 2.38. The highest BCUT2D eigenvalue weighted by molar-refractivity contribution is 5.76. The number of aliphatic carboxylic acids is 1. The van der Waals surface area contributed by atoms with Gasteiger partial charge in [0, 0.05) is 0 Å². The van der Waals surface area contributed by atoms with Crippen molar-refractivity contribution in [2.45, 2.75) is 12.5 Å². The van der Waals surface area contributed by atoms with Gasteiger partial charge in [0.1, 0.15) is 6.61 Å². The van der Waals surface area contributed by atoms with Gasteiger partial charge in [0.15, 0.2) is 6.10 Å². The molecule has 0 spiro atoms.